The largest absolute Gasteiger partial charge is 0.496 e. The van der Waals surface area contributed by atoms with Gasteiger partial charge in [0.05, 0.1) is 31.6 Å². The van der Waals surface area contributed by atoms with E-state index >= 15 is 0 Å². The van der Waals surface area contributed by atoms with E-state index in [4.69, 9.17) is 4.74 Å². The highest BCUT2D eigenvalue weighted by Gasteiger charge is 2.34. The van der Waals surface area contributed by atoms with Gasteiger partial charge < -0.3 is 19.5 Å². The Kier molecular flexibility index (Phi) is 5.66. The van der Waals surface area contributed by atoms with Crippen molar-refractivity contribution in [3.63, 3.8) is 0 Å². The predicted molar refractivity (Wildman–Crippen MR) is 125 cm³/mol. The number of aromatic carboxylic acids is 1. The van der Waals surface area contributed by atoms with Crippen molar-refractivity contribution in [2.24, 2.45) is 5.41 Å². The second kappa shape index (κ2) is 8.19. The number of nitrogens with zero attached hydrogens (tertiary/aromatic N) is 3. The van der Waals surface area contributed by atoms with Crippen LogP contribution in [0.15, 0.2) is 41.6 Å². The molecule has 0 amide bonds. The average molecular weight is 452 g/mol. The third-order valence-corrected chi connectivity index (χ3v) is 6.16. The number of carboxylic acids is 1. The molecule has 0 saturated heterocycles. The van der Waals surface area contributed by atoms with Crippen molar-refractivity contribution in [3.05, 3.63) is 58.1 Å². The molecule has 2 unspecified atom stereocenters. The zero-order valence-electron chi connectivity index (χ0n) is 19.5. The number of hydrogen-bond acceptors (Lipinski definition) is 5. The molecule has 0 spiro atoms. The van der Waals surface area contributed by atoms with E-state index in [0.29, 0.717) is 24.4 Å². The van der Waals surface area contributed by atoms with Crippen molar-refractivity contribution in [1.82, 2.24) is 14.3 Å². The molecule has 33 heavy (non-hydrogen) atoms. The van der Waals surface area contributed by atoms with Gasteiger partial charge in [-0.1, -0.05) is 20.8 Å². The van der Waals surface area contributed by atoms with Crippen LogP contribution in [0, 0.1) is 5.41 Å². The second-order valence-corrected chi connectivity index (χ2v) is 9.74. The van der Waals surface area contributed by atoms with Crippen molar-refractivity contribution in [1.29, 1.82) is 0 Å². The molecular weight excluding hydrogens is 422 g/mol. The molecule has 2 atom stereocenters. The van der Waals surface area contributed by atoms with Gasteiger partial charge in [-0.05, 0) is 36.5 Å². The van der Waals surface area contributed by atoms with E-state index in [0.717, 1.165) is 22.3 Å². The van der Waals surface area contributed by atoms with Crippen LogP contribution >= 0.6 is 0 Å². The summed E-state index contributed by atoms with van der Waals surface area (Å²) in [6.45, 7) is 8.42. The van der Waals surface area contributed by atoms with Crippen LogP contribution in [-0.4, -0.2) is 43.7 Å². The number of hydrogen-bond donors (Lipinski definition) is 2. The topological polar surface area (TPSA) is 107 Å². The summed E-state index contributed by atoms with van der Waals surface area (Å²) in [6.07, 6.45) is 5.25. The Morgan fingerprint density at radius 3 is 2.58 bits per heavy atom. The van der Waals surface area contributed by atoms with Crippen LogP contribution in [0.25, 0.3) is 22.4 Å². The summed E-state index contributed by atoms with van der Waals surface area (Å²) in [7, 11) is 1.59. The first-order valence-corrected chi connectivity index (χ1v) is 10.9. The number of carbonyl (C=O) groups is 1. The van der Waals surface area contributed by atoms with Gasteiger partial charge in [-0.3, -0.25) is 9.48 Å². The van der Waals surface area contributed by atoms with E-state index < -0.39 is 17.5 Å². The highest BCUT2D eigenvalue weighted by molar-refractivity contribution is 5.88. The summed E-state index contributed by atoms with van der Waals surface area (Å²) >= 11 is 0. The molecule has 0 aliphatic carbocycles. The summed E-state index contributed by atoms with van der Waals surface area (Å²) in [5.74, 6) is -0.600. The van der Waals surface area contributed by atoms with Gasteiger partial charge in [0.25, 0.3) is 0 Å². The monoisotopic (exact) mass is 451 g/mol. The lowest BCUT2D eigenvalue weighted by Crippen LogP contribution is -2.32. The van der Waals surface area contributed by atoms with Crippen LogP contribution < -0.4 is 10.2 Å². The summed E-state index contributed by atoms with van der Waals surface area (Å²) < 4.78 is 9.31. The van der Waals surface area contributed by atoms with Crippen molar-refractivity contribution in [3.8, 4) is 28.1 Å². The number of methoxy groups -OCH3 is 1. The molecule has 1 aromatic carbocycles. The number of pyridine rings is 1. The third-order valence-electron chi connectivity index (χ3n) is 6.16. The standard InChI is InChI=1S/C25H29N3O5/c1-14(29)11-27-12-16(10-26-27)18-6-15-7-23(25(2,3)4)28-13-19(24(31)32)21(30)9-20(28)17(15)8-22(18)33-5/h6,8-10,12-14,23,29H,7,11H2,1-5H3,(H,31,32). The fraction of sp³-hybridized carbons (Fsp3) is 0.400. The minimum atomic E-state index is -1.23. The number of rotatable bonds is 5. The molecule has 174 valence electrons. The lowest BCUT2D eigenvalue weighted by molar-refractivity contribution is 0.0693. The van der Waals surface area contributed by atoms with Crippen molar-refractivity contribution in [2.75, 3.05) is 7.11 Å². The molecule has 2 N–H and O–H groups in total. The van der Waals surface area contributed by atoms with Crippen LogP contribution in [-0.2, 0) is 13.0 Å². The Labute approximate surface area is 192 Å². The molecule has 1 aliphatic rings. The van der Waals surface area contributed by atoms with Gasteiger partial charge in [-0.15, -0.1) is 0 Å². The first-order chi connectivity index (χ1) is 15.5. The van der Waals surface area contributed by atoms with Gasteiger partial charge >= 0.3 is 5.97 Å². The Hall–Kier alpha value is -3.39. The summed E-state index contributed by atoms with van der Waals surface area (Å²) in [4.78, 5) is 24.2. The van der Waals surface area contributed by atoms with Gasteiger partial charge in [0.1, 0.15) is 11.3 Å². The van der Waals surface area contributed by atoms with E-state index in [1.165, 1.54) is 12.3 Å². The molecule has 4 rings (SSSR count). The van der Waals surface area contributed by atoms with Gasteiger partial charge in [-0.25, -0.2) is 4.79 Å². The van der Waals surface area contributed by atoms with E-state index in [1.54, 1.807) is 24.9 Å². The van der Waals surface area contributed by atoms with Crippen LogP contribution in [0.1, 0.15) is 49.7 Å². The lowest BCUT2D eigenvalue weighted by atomic mass is 9.78. The van der Waals surface area contributed by atoms with Crippen LogP contribution in [0.2, 0.25) is 0 Å². The molecule has 0 saturated carbocycles. The molecule has 2 aromatic heterocycles. The molecule has 3 heterocycles. The molecule has 0 fully saturated rings. The molecular formula is C25H29N3O5. The number of fused-ring (bicyclic) bond motifs is 3. The number of carboxylic acid groups (broad SMARTS) is 1. The Morgan fingerprint density at radius 2 is 1.97 bits per heavy atom. The first kappa shape index (κ1) is 22.8. The van der Waals surface area contributed by atoms with Crippen molar-refractivity contribution >= 4 is 5.97 Å². The highest BCUT2D eigenvalue weighted by Crippen LogP contribution is 2.45. The smallest absolute Gasteiger partial charge is 0.341 e. The van der Waals surface area contributed by atoms with E-state index in [9.17, 15) is 19.8 Å². The highest BCUT2D eigenvalue weighted by atomic mass is 16.5. The number of aliphatic hydroxyl groups is 1. The van der Waals surface area contributed by atoms with Crippen LogP contribution in [0.4, 0.5) is 0 Å². The summed E-state index contributed by atoms with van der Waals surface area (Å²) in [5, 5.41) is 23.5. The maximum atomic E-state index is 12.6. The number of aromatic nitrogens is 3. The van der Waals surface area contributed by atoms with E-state index in [1.807, 2.05) is 16.8 Å². The number of aliphatic hydroxyl groups excluding tert-OH is 1. The zero-order valence-corrected chi connectivity index (χ0v) is 19.5. The van der Waals surface area contributed by atoms with E-state index in [-0.39, 0.29) is 17.0 Å². The summed E-state index contributed by atoms with van der Waals surface area (Å²) in [5.41, 5.74) is 3.39. The molecule has 8 nitrogen and oxygen atoms in total. The minimum absolute atomic E-state index is 0.0436. The number of benzene rings is 1. The average Bonchev–Trinajstić information content (AvgIpc) is 3.18. The fourth-order valence-corrected chi connectivity index (χ4v) is 4.51. The third kappa shape index (κ3) is 4.18. The first-order valence-electron chi connectivity index (χ1n) is 10.9. The zero-order chi connectivity index (χ0) is 24.1. The maximum absolute atomic E-state index is 12.6. The molecule has 0 radical (unpaired) electrons. The molecule has 8 heteroatoms. The second-order valence-electron chi connectivity index (χ2n) is 9.74. The summed E-state index contributed by atoms with van der Waals surface area (Å²) in [6, 6.07) is 5.34. The van der Waals surface area contributed by atoms with E-state index in [2.05, 4.69) is 31.9 Å². The Bertz CT molecular complexity index is 1280. The van der Waals surface area contributed by atoms with Gasteiger partial charge in [0, 0.05) is 41.2 Å². The Morgan fingerprint density at radius 1 is 1.24 bits per heavy atom. The Balaban J connectivity index is 1.92. The molecule has 3 aromatic rings. The molecule has 0 bridgehead atoms. The maximum Gasteiger partial charge on any atom is 0.341 e. The molecule has 1 aliphatic heterocycles. The quantitative estimate of drug-likeness (QED) is 0.614. The fourth-order valence-electron chi connectivity index (χ4n) is 4.51. The SMILES string of the molecule is COc1cc2c(cc1-c1cnn(CC(C)O)c1)CC(C(C)(C)C)n1cc(C(=O)O)c(=O)cc1-2. The normalized spacial score (nSPS) is 16.1. The minimum Gasteiger partial charge on any atom is -0.496 e. The van der Waals surface area contributed by atoms with Crippen LogP contribution in [0.5, 0.6) is 5.75 Å². The predicted octanol–water partition coefficient (Wildman–Crippen LogP) is 3.61. The van der Waals surface area contributed by atoms with Gasteiger partial charge in [0.2, 0.25) is 0 Å². The lowest BCUT2D eigenvalue weighted by Gasteiger charge is -2.39. The van der Waals surface area contributed by atoms with Crippen molar-refractivity contribution < 1.29 is 19.7 Å². The van der Waals surface area contributed by atoms with Crippen LogP contribution in [0.3, 0.4) is 0 Å². The van der Waals surface area contributed by atoms with Gasteiger partial charge in [-0.2, -0.15) is 5.10 Å². The van der Waals surface area contributed by atoms with Crippen molar-refractivity contribution in [2.45, 2.75) is 52.8 Å². The number of ether oxygens (including phenoxy) is 1. The van der Waals surface area contributed by atoms with Gasteiger partial charge in [0.15, 0.2) is 5.43 Å².